The van der Waals surface area contributed by atoms with Crippen molar-refractivity contribution in [2.24, 2.45) is 0 Å². The Bertz CT molecular complexity index is 1090. The molecule has 5 nitrogen and oxygen atoms in total. The van der Waals surface area contributed by atoms with Crippen molar-refractivity contribution >= 4 is 17.0 Å². The smallest absolute Gasteiger partial charge is 0.271 e. The minimum atomic E-state index is -0.124. The second kappa shape index (κ2) is 8.37. The van der Waals surface area contributed by atoms with Crippen LogP contribution in [0.1, 0.15) is 27.2 Å². The standard InChI is InChI=1S/C24H24N2O3/c1-18-7-9-20(10-8-18)17-26-21-11-14-29-23(21)15-22(26)24(28)25(12-13-27)16-19-5-3-2-4-6-19/h2-11,14-15,27H,12-13,16-17H2,1H3. The van der Waals surface area contributed by atoms with E-state index < -0.39 is 0 Å². The highest BCUT2D eigenvalue weighted by Crippen LogP contribution is 2.24. The Kier molecular flexibility index (Phi) is 5.49. The molecule has 29 heavy (non-hydrogen) atoms. The predicted octanol–water partition coefficient (Wildman–Crippen LogP) is 4.23. The van der Waals surface area contributed by atoms with E-state index in [0.29, 0.717) is 24.4 Å². The third-order valence-corrected chi connectivity index (χ3v) is 5.08. The van der Waals surface area contributed by atoms with Gasteiger partial charge in [-0.15, -0.1) is 0 Å². The number of amides is 1. The maximum atomic E-state index is 13.4. The molecule has 4 rings (SSSR count). The van der Waals surface area contributed by atoms with Gasteiger partial charge in [-0.3, -0.25) is 4.79 Å². The molecule has 1 N–H and O–H groups in total. The molecule has 0 saturated carbocycles. The number of hydrogen-bond donors (Lipinski definition) is 1. The number of benzene rings is 2. The number of aryl methyl sites for hydroxylation is 1. The zero-order valence-electron chi connectivity index (χ0n) is 16.4. The van der Waals surface area contributed by atoms with Gasteiger partial charge in [0.1, 0.15) is 5.69 Å². The molecule has 0 fully saturated rings. The van der Waals surface area contributed by atoms with Crippen LogP contribution in [-0.4, -0.2) is 33.6 Å². The number of aliphatic hydroxyl groups excluding tert-OH is 1. The average molecular weight is 388 g/mol. The first-order valence-corrected chi connectivity index (χ1v) is 9.72. The van der Waals surface area contributed by atoms with Gasteiger partial charge < -0.3 is 19.0 Å². The molecule has 0 aliphatic heterocycles. The van der Waals surface area contributed by atoms with Crippen molar-refractivity contribution in [2.75, 3.05) is 13.2 Å². The van der Waals surface area contributed by atoms with E-state index in [2.05, 4.69) is 31.2 Å². The van der Waals surface area contributed by atoms with Crippen LogP contribution >= 0.6 is 0 Å². The van der Waals surface area contributed by atoms with Crippen molar-refractivity contribution in [3.05, 3.63) is 95.4 Å². The van der Waals surface area contributed by atoms with Gasteiger partial charge in [-0.2, -0.15) is 0 Å². The monoisotopic (exact) mass is 388 g/mol. The minimum Gasteiger partial charge on any atom is -0.463 e. The fourth-order valence-corrected chi connectivity index (χ4v) is 3.54. The molecule has 0 aliphatic carbocycles. The van der Waals surface area contributed by atoms with Gasteiger partial charge in [-0.1, -0.05) is 60.2 Å². The number of hydrogen-bond acceptors (Lipinski definition) is 3. The lowest BCUT2D eigenvalue weighted by Gasteiger charge is -2.23. The molecule has 0 radical (unpaired) electrons. The molecule has 0 atom stereocenters. The number of aromatic nitrogens is 1. The molecule has 1 amide bonds. The molecule has 5 heteroatoms. The zero-order valence-corrected chi connectivity index (χ0v) is 16.4. The second-order valence-corrected chi connectivity index (χ2v) is 7.21. The molecule has 0 aliphatic rings. The van der Waals surface area contributed by atoms with Crippen molar-refractivity contribution in [1.82, 2.24) is 9.47 Å². The number of aliphatic hydroxyl groups is 1. The molecule has 0 bridgehead atoms. The Balaban J connectivity index is 1.68. The maximum absolute atomic E-state index is 13.4. The Morgan fingerprint density at radius 3 is 2.52 bits per heavy atom. The lowest BCUT2D eigenvalue weighted by Crippen LogP contribution is -2.34. The van der Waals surface area contributed by atoms with Gasteiger partial charge in [0, 0.05) is 31.8 Å². The molecular weight excluding hydrogens is 364 g/mol. The van der Waals surface area contributed by atoms with Crippen LogP contribution in [0.3, 0.4) is 0 Å². The van der Waals surface area contributed by atoms with Crippen LogP contribution < -0.4 is 0 Å². The lowest BCUT2D eigenvalue weighted by molar-refractivity contribution is 0.0698. The van der Waals surface area contributed by atoms with E-state index in [1.54, 1.807) is 17.2 Å². The molecule has 2 heterocycles. The maximum Gasteiger partial charge on any atom is 0.271 e. The van der Waals surface area contributed by atoms with E-state index in [1.807, 2.05) is 41.0 Å². The average Bonchev–Trinajstić information content (AvgIpc) is 3.32. The number of rotatable bonds is 7. The summed E-state index contributed by atoms with van der Waals surface area (Å²) in [6, 6.07) is 21.8. The first kappa shape index (κ1) is 19.0. The fourth-order valence-electron chi connectivity index (χ4n) is 3.54. The normalized spacial score (nSPS) is 11.1. The first-order chi connectivity index (χ1) is 14.2. The van der Waals surface area contributed by atoms with Crippen LogP contribution in [0.4, 0.5) is 0 Å². The summed E-state index contributed by atoms with van der Waals surface area (Å²) in [7, 11) is 0. The van der Waals surface area contributed by atoms with E-state index in [4.69, 9.17) is 4.42 Å². The van der Waals surface area contributed by atoms with E-state index in [-0.39, 0.29) is 19.1 Å². The van der Waals surface area contributed by atoms with Crippen LogP contribution in [0, 0.1) is 6.92 Å². The summed E-state index contributed by atoms with van der Waals surface area (Å²) in [4.78, 5) is 15.1. The highest BCUT2D eigenvalue weighted by atomic mass is 16.3. The van der Waals surface area contributed by atoms with Gasteiger partial charge in [-0.05, 0) is 18.1 Å². The summed E-state index contributed by atoms with van der Waals surface area (Å²) >= 11 is 0. The van der Waals surface area contributed by atoms with E-state index in [1.165, 1.54) is 5.56 Å². The zero-order chi connectivity index (χ0) is 20.2. The predicted molar refractivity (Wildman–Crippen MR) is 113 cm³/mol. The van der Waals surface area contributed by atoms with Crippen molar-refractivity contribution in [3.63, 3.8) is 0 Å². The quantitative estimate of drug-likeness (QED) is 0.516. The van der Waals surface area contributed by atoms with Crippen LogP contribution in [-0.2, 0) is 13.1 Å². The Labute approximate surface area is 169 Å². The summed E-state index contributed by atoms with van der Waals surface area (Å²) in [6.45, 7) is 3.25. The van der Waals surface area contributed by atoms with E-state index in [9.17, 15) is 9.90 Å². The Morgan fingerprint density at radius 2 is 1.79 bits per heavy atom. The van der Waals surface area contributed by atoms with Crippen LogP contribution in [0.15, 0.2) is 77.4 Å². The minimum absolute atomic E-state index is 0.0899. The molecule has 4 aromatic rings. The summed E-state index contributed by atoms with van der Waals surface area (Å²) < 4.78 is 7.55. The largest absolute Gasteiger partial charge is 0.463 e. The van der Waals surface area contributed by atoms with Gasteiger partial charge in [0.2, 0.25) is 0 Å². The van der Waals surface area contributed by atoms with Gasteiger partial charge in [0.05, 0.1) is 18.4 Å². The summed E-state index contributed by atoms with van der Waals surface area (Å²) in [5.74, 6) is -0.124. The van der Waals surface area contributed by atoms with Gasteiger partial charge in [-0.25, -0.2) is 0 Å². The number of carbonyl (C=O) groups excluding carboxylic acids is 1. The van der Waals surface area contributed by atoms with Crippen LogP contribution in [0.5, 0.6) is 0 Å². The second-order valence-electron chi connectivity index (χ2n) is 7.21. The van der Waals surface area contributed by atoms with Crippen LogP contribution in [0.2, 0.25) is 0 Å². The number of furan rings is 1. The summed E-state index contributed by atoms with van der Waals surface area (Å²) in [6.07, 6.45) is 1.64. The fraction of sp³-hybridized carbons (Fsp3) is 0.208. The van der Waals surface area contributed by atoms with E-state index >= 15 is 0 Å². The molecule has 2 aromatic carbocycles. The summed E-state index contributed by atoms with van der Waals surface area (Å²) in [5.41, 5.74) is 5.46. The molecule has 0 spiro atoms. The molecular formula is C24H24N2O3. The van der Waals surface area contributed by atoms with Gasteiger partial charge >= 0.3 is 0 Å². The lowest BCUT2D eigenvalue weighted by atomic mass is 10.1. The highest BCUT2D eigenvalue weighted by molar-refractivity contribution is 5.97. The number of fused-ring (bicyclic) bond motifs is 1. The SMILES string of the molecule is Cc1ccc(Cn2c(C(=O)N(CCO)Cc3ccccc3)cc3occc32)cc1. The van der Waals surface area contributed by atoms with Crippen LogP contribution in [0.25, 0.3) is 11.1 Å². The Hall–Kier alpha value is -3.31. The van der Waals surface area contributed by atoms with Crippen molar-refractivity contribution < 1.29 is 14.3 Å². The van der Waals surface area contributed by atoms with Gasteiger partial charge in [0.15, 0.2) is 5.58 Å². The molecule has 2 aromatic heterocycles. The van der Waals surface area contributed by atoms with Crippen molar-refractivity contribution in [2.45, 2.75) is 20.0 Å². The van der Waals surface area contributed by atoms with Crippen molar-refractivity contribution in [1.29, 1.82) is 0 Å². The molecule has 148 valence electrons. The topological polar surface area (TPSA) is 58.6 Å². The number of nitrogens with zero attached hydrogens (tertiary/aromatic N) is 2. The number of carbonyl (C=O) groups is 1. The highest BCUT2D eigenvalue weighted by Gasteiger charge is 2.23. The first-order valence-electron chi connectivity index (χ1n) is 9.72. The Morgan fingerprint density at radius 1 is 1.03 bits per heavy atom. The molecule has 0 unspecified atom stereocenters. The molecule has 0 saturated heterocycles. The third-order valence-electron chi connectivity index (χ3n) is 5.08. The van der Waals surface area contributed by atoms with Crippen molar-refractivity contribution in [3.8, 4) is 0 Å². The van der Waals surface area contributed by atoms with E-state index in [0.717, 1.165) is 16.6 Å². The summed E-state index contributed by atoms with van der Waals surface area (Å²) in [5, 5.41) is 9.52. The van der Waals surface area contributed by atoms with Gasteiger partial charge in [0.25, 0.3) is 5.91 Å². The third kappa shape index (κ3) is 4.10.